The van der Waals surface area contributed by atoms with Gasteiger partial charge in [-0.05, 0) is 6.92 Å². The molecule has 0 saturated heterocycles. The highest BCUT2D eigenvalue weighted by Gasteiger charge is 2.04. The number of esters is 1. The van der Waals surface area contributed by atoms with Crippen LogP contribution in [0.5, 0.6) is 0 Å². The standard InChI is InChI=1S/C9H14N2O2S/c1-3-13-8(12)4-7-14-9-10-5-6-11(9)2/h5-6H,3-4,7H2,1-2H3. The van der Waals surface area contributed by atoms with Crippen LogP contribution in [0.2, 0.25) is 0 Å². The summed E-state index contributed by atoms with van der Waals surface area (Å²) in [5, 5.41) is 0.925. The van der Waals surface area contributed by atoms with Crippen LogP contribution in [0.1, 0.15) is 13.3 Å². The number of nitrogens with zero attached hydrogens (tertiary/aromatic N) is 2. The lowest BCUT2D eigenvalue weighted by atomic mass is 10.5. The molecule has 0 spiro atoms. The van der Waals surface area contributed by atoms with Gasteiger partial charge in [-0.2, -0.15) is 0 Å². The monoisotopic (exact) mass is 214 g/mol. The van der Waals surface area contributed by atoms with E-state index in [4.69, 9.17) is 4.74 Å². The molecule has 78 valence electrons. The van der Waals surface area contributed by atoms with E-state index in [1.165, 1.54) is 0 Å². The molecule has 0 aliphatic rings. The third kappa shape index (κ3) is 3.41. The Kier molecular flexibility index (Phi) is 4.52. The van der Waals surface area contributed by atoms with Crippen LogP contribution in [0.15, 0.2) is 17.6 Å². The molecule has 1 heterocycles. The topological polar surface area (TPSA) is 44.1 Å². The molecule has 1 rings (SSSR count). The normalized spacial score (nSPS) is 10.1. The summed E-state index contributed by atoms with van der Waals surface area (Å²) in [6.07, 6.45) is 4.06. The van der Waals surface area contributed by atoms with Crippen molar-refractivity contribution in [3.05, 3.63) is 12.4 Å². The average Bonchev–Trinajstić information content (AvgIpc) is 2.52. The molecule has 0 amide bonds. The minimum Gasteiger partial charge on any atom is -0.466 e. The van der Waals surface area contributed by atoms with Crippen LogP contribution < -0.4 is 0 Å². The third-order valence-corrected chi connectivity index (χ3v) is 2.68. The summed E-state index contributed by atoms with van der Waals surface area (Å²) < 4.78 is 6.74. The second-order valence-electron chi connectivity index (χ2n) is 2.72. The van der Waals surface area contributed by atoms with E-state index in [-0.39, 0.29) is 5.97 Å². The zero-order valence-electron chi connectivity index (χ0n) is 8.40. The Morgan fingerprint density at radius 2 is 2.50 bits per heavy atom. The van der Waals surface area contributed by atoms with Gasteiger partial charge in [0, 0.05) is 25.2 Å². The first-order valence-corrected chi connectivity index (χ1v) is 5.48. The average molecular weight is 214 g/mol. The van der Waals surface area contributed by atoms with Crippen molar-refractivity contribution < 1.29 is 9.53 Å². The van der Waals surface area contributed by atoms with Gasteiger partial charge in [-0.25, -0.2) is 4.98 Å². The van der Waals surface area contributed by atoms with Gasteiger partial charge in [-0.15, -0.1) is 0 Å². The van der Waals surface area contributed by atoms with E-state index in [9.17, 15) is 4.79 Å². The Balaban J connectivity index is 2.22. The highest BCUT2D eigenvalue weighted by Crippen LogP contribution is 2.15. The lowest BCUT2D eigenvalue weighted by molar-refractivity contribution is -0.142. The molecular weight excluding hydrogens is 200 g/mol. The van der Waals surface area contributed by atoms with Crippen molar-refractivity contribution in [3.63, 3.8) is 0 Å². The van der Waals surface area contributed by atoms with E-state index in [0.717, 1.165) is 5.16 Å². The minimum atomic E-state index is -0.144. The van der Waals surface area contributed by atoms with Crippen LogP contribution in [0.3, 0.4) is 0 Å². The number of carbonyl (C=O) groups excluding carboxylic acids is 1. The Morgan fingerprint density at radius 3 is 3.07 bits per heavy atom. The molecule has 0 aliphatic carbocycles. The first-order valence-electron chi connectivity index (χ1n) is 4.49. The molecule has 4 nitrogen and oxygen atoms in total. The zero-order chi connectivity index (χ0) is 10.4. The summed E-state index contributed by atoms with van der Waals surface area (Å²) >= 11 is 1.56. The van der Waals surface area contributed by atoms with E-state index >= 15 is 0 Å². The second-order valence-corrected chi connectivity index (χ2v) is 3.79. The predicted octanol–water partition coefficient (Wildman–Crippen LogP) is 1.47. The van der Waals surface area contributed by atoms with Gasteiger partial charge in [0.1, 0.15) is 0 Å². The number of hydrogen-bond donors (Lipinski definition) is 0. The number of rotatable bonds is 5. The molecule has 5 heteroatoms. The van der Waals surface area contributed by atoms with Crippen molar-refractivity contribution >= 4 is 17.7 Å². The summed E-state index contributed by atoms with van der Waals surface area (Å²) in [5.74, 6) is 0.568. The molecule has 0 fully saturated rings. The van der Waals surface area contributed by atoms with Gasteiger partial charge in [0.15, 0.2) is 5.16 Å². The van der Waals surface area contributed by atoms with Crippen molar-refractivity contribution in [2.75, 3.05) is 12.4 Å². The maximum atomic E-state index is 11.0. The first kappa shape index (κ1) is 11.1. The van der Waals surface area contributed by atoms with Crippen LogP contribution in [0.4, 0.5) is 0 Å². The molecule has 1 aromatic heterocycles. The molecule has 0 aliphatic heterocycles. The number of aryl methyl sites for hydroxylation is 1. The fourth-order valence-electron chi connectivity index (χ4n) is 0.950. The molecule has 0 saturated carbocycles. The van der Waals surface area contributed by atoms with Crippen LogP contribution in [-0.2, 0) is 16.6 Å². The Hall–Kier alpha value is -0.970. The van der Waals surface area contributed by atoms with Gasteiger partial charge < -0.3 is 9.30 Å². The van der Waals surface area contributed by atoms with Gasteiger partial charge in [0.25, 0.3) is 0 Å². The summed E-state index contributed by atoms with van der Waals surface area (Å²) in [4.78, 5) is 15.1. The van der Waals surface area contributed by atoms with Gasteiger partial charge in [0.05, 0.1) is 13.0 Å². The van der Waals surface area contributed by atoms with E-state index in [1.54, 1.807) is 18.0 Å². The number of hydrogen-bond acceptors (Lipinski definition) is 4. The maximum absolute atomic E-state index is 11.0. The molecule has 0 aromatic carbocycles. The van der Waals surface area contributed by atoms with Crippen molar-refractivity contribution in [3.8, 4) is 0 Å². The lowest BCUT2D eigenvalue weighted by Crippen LogP contribution is -2.05. The van der Waals surface area contributed by atoms with Crippen molar-refractivity contribution in [1.29, 1.82) is 0 Å². The van der Waals surface area contributed by atoms with E-state index < -0.39 is 0 Å². The Morgan fingerprint density at radius 1 is 1.71 bits per heavy atom. The quantitative estimate of drug-likeness (QED) is 0.550. The predicted molar refractivity (Wildman–Crippen MR) is 55.2 cm³/mol. The molecular formula is C9H14N2O2S. The zero-order valence-corrected chi connectivity index (χ0v) is 9.21. The largest absolute Gasteiger partial charge is 0.466 e. The number of carbonyl (C=O) groups is 1. The fourth-order valence-corrected chi connectivity index (χ4v) is 1.80. The minimum absolute atomic E-state index is 0.144. The van der Waals surface area contributed by atoms with E-state index in [0.29, 0.717) is 18.8 Å². The lowest BCUT2D eigenvalue weighted by Gasteiger charge is -2.01. The Bertz CT molecular complexity index is 299. The number of ether oxygens (including phenoxy) is 1. The van der Waals surface area contributed by atoms with Crippen molar-refractivity contribution in [2.24, 2.45) is 7.05 Å². The molecule has 0 unspecified atom stereocenters. The maximum Gasteiger partial charge on any atom is 0.306 e. The summed E-state index contributed by atoms with van der Waals surface area (Å²) in [5.41, 5.74) is 0. The third-order valence-electron chi connectivity index (χ3n) is 1.62. The summed E-state index contributed by atoms with van der Waals surface area (Å²) in [7, 11) is 1.93. The number of aromatic nitrogens is 2. The summed E-state index contributed by atoms with van der Waals surface area (Å²) in [6.45, 7) is 2.26. The Labute approximate surface area is 87.7 Å². The highest BCUT2D eigenvalue weighted by molar-refractivity contribution is 7.99. The van der Waals surface area contributed by atoms with Gasteiger partial charge >= 0.3 is 5.97 Å². The second kappa shape index (κ2) is 5.70. The van der Waals surface area contributed by atoms with Crippen molar-refractivity contribution in [1.82, 2.24) is 9.55 Å². The SMILES string of the molecule is CCOC(=O)CCSc1nccn1C. The van der Waals surface area contributed by atoms with Crippen molar-refractivity contribution in [2.45, 2.75) is 18.5 Å². The van der Waals surface area contributed by atoms with Crippen LogP contribution in [-0.4, -0.2) is 27.9 Å². The van der Waals surface area contributed by atoms with Crippen LogP contribution in [0.25, 0.3) is 0 Å². The smallest absolute Gasteiger partial charge is 0.306 e. The molecule has 0 N–H and O–H groups in total. The number of thioether (sulfide) groups is 1. The van der Waals surface area contributed by atoms with Crippen LogP contribution in [0, 0.1) is 0 Å². The van der Waals surface area contributed by atoms with Crippen LogP contribution >= 0.6 is 11.8 Å². The van der Waals surface area contributed by atoms with Gasteiger partial charge in [0.2, 0.25) is 0 Å². The van der Waals surface area contributed by atoms with Gasteiger partial charge in [-0.3, -0.25) is 4.79 Å². The fraction of sp³-hybridized carbons (Fsp3) is 0.556. The molecule has 14 heavy (non-hydrogen) atoms. The molecule has 0 atom stereocenters. The molecule has 0 radical (unpaired) electrons. The molecule has 1 aromatic rings. The summed E-state index contributed by atoms with van der Waals surface area (Å²) in [6, 6.07) is 0. The van der Waals surface area contributed by atoms with E-state index in [2.05, 4.69) is 4.98 Å². The van der Waals surface area contributed by atoms with E-state index in [1.807, 2.05) is 24.7 Å². The molecule has 0 bridgehead atoms. The van der Waals surface area contributed by atoms with Gasteiger partial charge in [-0.1, -0.05) is 11.8 Å². The number of imidazole rings is 1. The highest BCUT2D eigenvalue weighted by atomic mass is 32.2. The first-order chi connectivity index (χ1) is 6.74.